The van der Waals surface area contributed by atoms with Gasteiger partial charge in [0.15, 0.2) is 14.6 Å². The Labute approximate surface area is 125 Å². The third-order valence-corrected chi connectivity index (χ3v) is 4.60. The molecule has 0 bridgehead atoms. The van der Waals surface area contributed by atoms with Crippen LogP contribution in [0.4, 0.5) is 4.39 Å². The maximum atomic E-state index is 13.7. The SMILES string of the molecule is CS(=O)(=O)c1ccc(-n2c(=S)[nH]c3c(F)cccc32)cc1. The van der Waals surface area contributed by atoms with Crippen LogP contribution in [0, 0.1) is 10.6 Å². The van der Waals surface area contributed by atoms with Crippen molar-refractivity contribution in [3.05, 3.63) is 53.1 Å². The molecule has 2 aromatic carbocycles. The number of aromatic amines is 1. The van der Waals surface area contributed by atoms with Crippen molar-refractivity contribution in [3.8, 4) is 5.69 Å². The molecule has 1 heterocycles. The Bertz CT molecular complexity index is 986. The number of hydrogen-bond donors (Lipinski definition) is 1. The van der Waals surface area contributed by atoms with Gasteiger partial charge in [0.2, 0.25) is 0 Å². The fraction of sp³-hybridized carbons (Fsp3) is 0.0714. The van der Waals surface area contributed by atoms with Crippen molar-refractivity contribution in [2.24, 2.45) is 0 Å². The fourth-order valence-corrected chi connectivity index (χ4v) is 3.13. The highest BCUT2D eigenvalue weighted by Gasteiger charge is 2.11. The lowest BCUT2D eigenvalue weighted by molar-refractivity contribution is 0.602. The van der Waals surface area contributed by atoms with E-state index in [1.54, 1.807) is 28.8 Å². The normalized spacial score (nSPS) is 11.9. The number of H-pyrrole nitrogens is 1. The number of nitrogens with zero attached hydrogens (tertiary/aromatic N) is 1. The first-order chi connectivity index (χ1) is 9.88. The second-order valence-electron chi connectivity index (χ2n) is 4.67. The van der Waals surface area contributed by atoms with Gasteiger partial charge in [0.25, 0.3) is 0 Å². The Morgan fingerprint density at radius 2 is 1.81 bits per heavy atom. The third kappa shape index (κ3) is 2.38. The summed E-state index contributed by atoms with van der Waals surface area (Å²) in [5.74, 6) is -0.384. The van der Waals surface area contributed by atoms with Gasteiger partial charge in [-0.3, -0.25) is 4.57 Å². The summed E-state index contributed by atoms with van der Waals surface area (Å²) < 4.78 is 38.7. The van der Waals surface area contributed by atoms with Crippen molar-refractivity contribution in [1.82, 2.24) is 9.55 Å². The minimum atomic E-state index is -3.25. The summed E-state index contributed by atoms with van der Waals surface area (Å²) in [6, 6.07) is 11.0. The van der Waals surface area contributed by atoms with E-state index in [1.807, 2.05) is 0 Å². The van der Waals surface area contributed by atoms with E-state index in [1.165, 1.54) is 18.2 Å². The summed E-state index contributed by atoms with van der Waals surface area (Å²) in [4.78, 5) is 3.05. The maximum absolute atomic E-state index is 13.7. The second-order valence-corrected chi connectivity index (χ2v) is 7.07. The molecule has 0 fully saturated rings. The van der Waals surface area contributed by atoms with Gasteiger partial charge in [0.1, 0.15) is 11.3 Å². The monoisotopic (exact) mass is 322 g/mol. The van der Waals surface area contributed by atoms with Crippen LogP contribution in [0.25, 0.3) is 16.7 Å². The van der Waals surface area contributed by atoms with Gasteiger partial charge in [0.05, 0.1) is 10.4 Å². The topological polar surface area (TPSA) is 54.9 Å². The molecule has 0 atom stereocenters. The fourth-order valence-electron chi connectivity index (χ4n) is 2.19. The zero-order valence-corrected chi connectivity index (χ0v) is 12.6. The number of para-hydroxylation sites is 1. The molecule has 1 N–H and O–H groups in total. The highest BCUT2D eigenvalue weighted by molar-refractivity contribution is 7.90. The first kappa shape index (κ1) is 14.0. The number of benzene rings is 2. The first-order valence-electron chi connectivity index (χ1n) is 6.08. The summed E-state index contributed by atoms with van der Waals surface area (Å²) >= 11 is 5.22. The van der Waals surface area contributed by atoms with Gasteiger partial charge in [-0.1, -0.05) is 6.07 Å². The molecule has 3 aromatic rings. The minimum absolute atomic E-state index is 0.226. The van der Waals surface area contributed by atoms with E-state index < -0.39 is 9.84 Å². The Balaban J connectivity index is 2.24. The Morgan fingerprint density at radius 3 is 2.43 bits per heavy atom. The number of imidazole rings is 1. The number of fused-ring (bicyclic) bond motifs is 1. The van der Waals surface area contributed by atoms with Crippen molar-refractivity contribution >= 4 is 33.1 Å². The molecule has 0 amide bonds. The van der Waals surface area contributed by atoms with Crippen LogP contribution in [0.3, 0.4) is 0 Å². The van der Waals surface area contributed by atoms with Crippen LogP contribution >= 0.6 is 12.2 Å². The molecule has 0 spiro atoms. The molecule has 108 valence electrons. The van der Waals surface area contributed by atoms with Gasteiger partial charge in [-0.15, -0.1) is 0 Å². The average Bonchev–Trinajstić information content (AvgIpc) is 2.76. The van der Waals surface area contributed by atoms with Gasteiger partial charge < -0.3 is 4.98 Å². The summed E-state index contributed by atoms with van der Waals surface area (Å²) in [6.07, 6.45) is 1.15. The molecule has 21 heavy (non-hydrogen) atoms. The number of hydrogen-bond acceptors (Lipinski definition) is 3. The molecule has 1 aromatic heterocycles. The van der Waals surface area contributed by atoms with Gasteiger partial charge in [-0.25, -0.2) is 12.8 Å². The highest BCUT2D eigenvalue weighted by Crippen LogP contribution is 2.22. The van der Waals surface area contributed by atoms with Crippen molar-refractivity contribution in [1.29, 1.82) is 0 Å². The van der Waals surface area contributed by atoms with E-state index in [0.29, 0.717) is 21.5 Å². The predicted octanol–water partition coefficient (Wildman–Crippen LogP) is 3.23. The molecule has 0 aliphatic heterocycles. The van der Waals surface area contributed by atoms with Crippen LogP contribution in [0.2, 0.25) is 0 Å². The third-order valence-electron chi connectivity index (χ3n) is 3.19. The molecule has 3 rings (SSSR count). The summed E-state index contributed by atoms with van der Waals surface area (Å²) in [5, 5.41) is 0. The van der Waals surface area contributed by atoms with E-state index in [0.717, 1.165) is 6.26 Å². The summed E-state index contributed by atoms with van der Waals surface area (Å²) in [6.45, 7) is 0. The molecule has 0 unspecified atom stereocenters. The van der Waals surface area contributed by atoms with E-state index >= 15 is 0 Å². The molecule has 0 radical (unpaired) electrons. The second kappa shape index (κ2) is 4.78. The van der Waals surface area contributed by atoms with E-state index in [4.69, 9.17) is 12.2 Å². The standard InChI is InChI=1S/C14H11FN2O2S2/c1-21(18,19)10-7-5-9(6-8-10)17-12-4-2-3-11(15)13(12)16-14(17)20/h2-8H,1H3,(H,16,20). The van der Waals surface area contributed by atoms with Crippen LogP contribution in [0.1, 0.15) is 0 Å². The molecule has 0 saturated carbocycles. The average molecular weight is 322 g/mol. The van der Waals surface area contributed by atoms with Gasteiger partial charge in [-0.05, 0) is 48.6 Å². The maximum Gasteiger partial charge on any atom is 0.182 e. The lowest BCUT2D eigenvalue weighted by atomic mass is 10.2. The van der Waals surface area contributed by atoms with Crippen molar-refractivity contribution in [3.63, 3.8) is 0 Å². The number of halogens is 1. The molecule has 0 aliphatic rings. The molecule has 0 saturated heterocycles. The van der Waals surface area contributed by atoms with Crippen LogP contribution in [0.15, 0.2) is 47.4 Å². The summed E-state index contributed by atoms with van der Waals surface area (Å²) in [5.41, 5.74) is 1.60. The van der Waals surface area contributed by atoms with Gasteiger partial charge >= 0.3 is 0 Å². The van der Waals surface area contributed by atoms with Crippen molar-refractivity contribution in [2.45, 2.75) is 4.90 Å². The van der Waals surface area contributed by atoms with Gasteiger partial charge in [-0.2, -0.15) is 0 Å². The molecule has 7 heteroatoms. The van der Waals surface area contributed by atoms with Crippen LogP contribution in [-0.4, -0.2) is 24.2 Å². The molecular formula is C14H11FN2O2S2. The largest absolute Gasteiger partial charge is 0.328 e. The first-order valence-corrected chi connectivity index (χ1v) is 8.37. The lowest BCUT2D eigenvalue weighted by Gasteiger charge is -2.05. The van der Waals surface area contributed by atoms with Crippen LogP contribution < -0.4 is 0 Å². The highest BCUT2D eigenvalue weighted by atomic mass is 32.2. The molecule has 0 aliphatic carbocycles. The smallest absolute Gasteiger partial charge is 0.182 e. The Hall–Kier alpha value is -1.99. The number of sulfone groups is 1. The number of aromatic nitrogens is 2. The van der Waals surface area contributed by atoms with Gasteiger partial charge in [0, 0.05) is 11.9 Å². The zero-order valence-electron chi connectivity index (χ0n) is 11.0. The number of nitrogens with one attached hydrogen (secondary N) is 1. The predicted molar refractivity (Wildman–Crippen MR) is 81.5 cm³/mol. The molecular weight excluding hydrogens is 311 g/mol. The van der Waals surface area contributed by atoms with Crippen molar-refractivity contribution < 1.29 is 12.8 Å². The van der Waals surface area contributed by atoms with Crippen molar-refractivity contribution in [2.75, 3.05) is 6.26 Å². The zero-order chi connectivity index (χ0) is 15.2. The molecule has 4 nitrogen and oxygen atoms in total. The minimum Gasteiger partial charge on any atom is -0.328 e. The summed E-state index contributed by atoms with van der Waals surface area (Å²) in [7, 11) is -3.25. The van der Waals surface area contributed by atoms with E-state index in [2.05, 4.69) is 4.98 Å². The lowest BCUT2D eigenvalue weighted by Crippen LogP contribution is -1.99. The Kier molecular flexibility index (Phi) is 3.18. The van der Waals surface area contributed by atoms with Crippen LogP contribution in [-0.2, 0) is 9.84 Å². The quantitative estimate of drug-likeness (QED) is 0.737. The number of rotatable bonds is 2. The van der Waals surface area contributed by atoms with Crippen LogP contribution in [0.5, 0.6) is 0 Å². The Morgan fingerprint density at radius 1 is 1.14 bits per heavy atom. The van der Waals surface area contributed by atoms with E-state index in [9.17, 15) is 12.8 Å². The van der Waals surface area contributed by atoms with E-state index in [-0.39, 0.29) is 10.7 Å².